The minimum atomic E-state index is -1.17. The van der Waals surface area contributed by atoms with E-state index in [1.807, 2.05) is 12.1 Å². The molecule has 4 aromatic rings. The number of aromatic hydroxyl groups is 2. The smallest absolute Gasteiger partial charge is 0.165 e. The summed E-state index contributed by atoms with van der Waals surface area (Å²) in [6.45, 7) is 0. The summed E-state index contributed by atoms with van der Waals surface area (Å²) in [4.78, 5) is 0. The number of fused-ring (bicyclic) bond motifs is 3. The van der Waals surface area contributed by atoms with Crippen LogP contribution in [0.5, 0.6) is 11.5 Å². The first-order chi connectivity index (χ1) is 14.8. The standard InChI is InChI=1S/C25H18F2N2O2/c26-21-9-13(1-7-23(21)30)25(14-2-8-24(31)22(27)10-14)19-11-15(28)3-5-17(19)18-6-4-16(29)12-20(18)25/h1-12,30-31H,28-29H2. The van der Waals surface area contributed by atoms with Crippen molar-refractivity contribution in [3.8, 4) is 22.6 Å². The molecule has 0 bridgehead atoms. The van der Waals surface area contributed by atoms with E-state index in [9.17, 15) is 19.0 Å². The molecular weight excluding hydrogens is 398 g/mol. The van der Waals surface area contributed by atoms with Gasteiger partial charge in [-0.25, -0.2) is 8.78 Å². The molecule has 5 rings (SSSR count). The van der Waals surface area contributed by atoms with Gasteiger partial charge in [-0.3, -0.25) is 0 Å². The van der Waals surface area contributed by atoms with Gasteiger partial charge in [0.15, 0.2) is 23.1 Å². The monoisotopic (exact) mass is 416 g/mol. The van der Waals surface area contributed by atoms with Gasteiger partial charge in [-0.15, -0.1) is 0 Å². The molecule has 0 aliphatic heterocycles. The van der Waals surface area contributed by atoms with Gasteiger partial charge in [-0.1, -0.05) is 24.3 Å². The maximum atomic E-state index is 14.6. The predicted octanol–water partition coefficient (Wildman–Crippen LogP) is 4.90. The molecule has 0 spiro atoms. The van der Waals surface area contributed by atoms with Gasteiger partial charge in [0.1, 0.15) is 0 Å². The Morgan fingerprint density at radius 1 is 0.581 bits per heavy atom. The number of nitrogen functional groups attached to an aromatic ring is 2. The molecular formula is C25H18F2N2O2. The zero-order valence-corrected chi connectivity index (χ0v) is 16.2. The van der Waals surface area contributed by atoms with Crippen molar-refractivity contribution in [2.45, 2.75) is 5.41 Å². The maximum absolute atomic E-state index is 14.6. The molecule has 154 valence electrons. The number of phenolic OH excluding ortho intramolecular Hbond substituents is 2. The normalized spacial score (nSPS) is 13.6. The van der Waals surface area contributed by atoms with Crippen LogP contribution in [0, 0.1) is 11.6 Å². The molecule has 0 saturated carbocycles. The van der Waals surface area contributed by atoms with E-state index in [1.165, 1.54) is 24.3 Å². The van der Waals surface area contributed by atoms with E-state index in [1.54, 1.807) is 36.4 Å². The Morgan fingerprint density at radius 3 is 1.39 bits per heavy atom. The molecule has 4 aromatic carbocycles. The van der Waals surface area contributed by atoms with Gasteiger partial charge in [-0.05, 0) is 81.9 Å². The van der Waals surface area contributed by atoms with Crippen molar-refractivity contribution < 1.29 is 19.0 Å². The van der Waals surface area contributed by atoms with Gasteiger partial charge >= 0.3 is 0 Å². The number of hydrogen-bond acceptors (Lipinski definition) is 4. The maximum Gasteiger partial charge on any atom is 0.165 e. The lowest BCUT2D eigenvalue weighted by atomic mass is 9.67. The van der Waals surface area contributed by atoms with E-state index in [0.717, 1.165) is 22.3 Å². The second kappa shape index (κ2) is 6.47. The van der Waals surface area contributed by atoms with E-state index in [0.29, 0.717) is 22.5 Å². The van der Waals surface area contributed by atoms with Gasteiger partial charge in [0.25, 0.3) is 0 Å². The van der Waals surface area contributed by atoms with Crippen LogP contribution in [0.25, 0.3) is 11.1 Å². The SMILES string of the molecule is Nc1ccc2c(c1)C(c1ccc(O)c(F)c1)(c1ccc(O)c(F)c1)c1cc(N)ccc1-2. The quantitative estimate of drug-likeness (QED) is 0.308. The summed E-state index contributed by atoms with van der Waals surface area (Å²) in [6, 6.07) is 19.0. The summed E-state index contributed by atoms with van der Waals surface area (Å²) < 4.78 is 29.1. The molecule has 0 atom stereocenters. The van der Waals surface area contributed by atoms with Gasteiger partial charge in [0.2, 0.25) is 0 Å². The molecule has 4 nitrogen and oxygen atoms in total. The van der Waals surface area contributed by atoms with Crippen molar-refractivity contribution in [3.63, 3.8) is 0 Å². The first kappa shape index (κ1) is 18.9. The van der Waals surface area contributed by atoms with Crippen LogP contribution in [-0.2, 0) is 5.41 Å². The zero-order valence-electron chi connectivity index (χ0n) is 16.2. The van der Waals surface area contributed by atoms with Crippen molar-refractivity contribution in [3.05, 3.63) is 107 Å². The molecule has 1 aliphatic carbocycles. The van der Waals surface area contributed by atoms with Crippen molar-refractivity contribution in [1.29, 1.82) is 0 Å². The van der Waals surface area contributed by atoms with Gasteiger partial charge in [-0.2, -0.15) is 0 Å². The van der Waals surface area contributed by atoms with E-state index >= 15 is 0 Å². The molecule has 1 aliphatic rings. The lowest BCUT2D eigenvalue weighted by Crippen LogP contribution is -2.29. The van der Waals surface area contributed by atoms with Crippen LogP contribution < -0.4 is 11.5 Å². The Morgan fingerprint density at radius 2 is 1.00 bits per heavy atom. The number of phenols is 2. The lowest BCUT2D eigenvalue weighted by Gasteiger charge is -2.34. The second-order valence-corrected chi connectivity index (χ2v) is 7.69. The number of nitrogens with two attached hydrogens (primary N) is 2. The van der Waals surface area contributed by atoms with Crippen LogP contribution >= 0.6 is 0 Å². The molecule has 0 unspecified atom stereocenters. The van der Waals surface area contributed by atoms with Gasteiger partial charge in [0, 0.05) is 11.4 Å². The molecule has 6 N–H and O–H groups in total. The minimum Gasteiger partial charge on any atom is -0.505 e. The van der Waals surface area contributed by atoms with Gasteiger partial charge < -0.3 is 21.7 Å². The second-order valence-electron chi connectivity index (χ2n) is 7.69. The van der Waals surface area contributed by atoms with E-state index in [-0.39, 0.29) is 0 Å². The average molecular weight is 416 g/mol. The Kier molecular flexibility index (Phi) is 3.95. The number of hydrogen-bond donors (Lipinski definition) is 4. The fraction of sp³-hybridized carbons (Fsp3) is 0.0400. The number of halogens is 2. The van der Waals surface area contributed by atoms with Crippen LogP contribution in [0.2, 0.25) is 0 Å². The van der Waals surface area contributed by atoms with Crippen LogP contribution in [0.4, 0.5) is 20.2 Å². The Bertz CT molecular complexity index is 1260. The lowest BCUT2D eigenvalue weighted by molar-refractivity contribution is 0.430. The summed E-state index contributed by atoms with van der Waals surface area (Å²) in [7, 11) is 0. The highest BCUT2D eigenvalue weighted by Gasteiger charge is 2.47. The summed E-state index contributed by atoms with van der Waals surface area (Å²) in [5, 5.41) is 19.6. The predicted molar refractivity (Wildman–Crippen MR) is 116 cm³/mol. The highest BCUT2D eigenvalue weighted by atomic mass is 19.1. The van der Waals surface area contributed by atoms with Crippen LogP contribution in [0.15, 0.2) is 72.8 Å². The van der Waals surface area contributed by atoms with Gasteiger partial charge in [0.05, 0.1) is 5.41 Å². The minimum absolute atomic E-state index is 0.462. The third-order valence-electron chi connectivity index (χ3n) is 5.95. The third kappa shape index (κ3) is 2.58. The van der Waals surface area contributed by atoms with E-state index < -0.39 is 28.5 Å². The Balaban J connectivity index is 2.00. The largest absolute Gasteiger partial charge is 0.505 e. The fourth-order valence-electron chi connectivity index (χ4n) is 4.63. The average Bonchev–Trinajstić information content (AvgIpc) is 3.01. The van der Waals surface area contributed by atoms with Crippen molar-refractivity contribution in [2.24, 2.45) is 0 Å². The third-order valence-corrected chi connectivity index (χ3v) is 5.95. The molecule has 0 radical (unpaired) electrons. The summed E-state index contributed by atoms with van der Waals surface area (Å²) in [5.74, 6) is -2.60. The summed E-state index contributed by atoms with van der Waals surface area (Å²) >= 11 is 0. The highest BCUT2D eigenvalue weighted by Crippen LogP contribution is 2.57. The molecule has 0 saturated heterocycles. The van der Waals surface area contributed by atoms with E-state index in [2.05, 4.69) is 0 Å². The summed E-state index contributed by atoms with van der Waals surface area (Å²) in [6.07, 6.45) is 0. The van der Waals surface area contributed by atoms with Crippen molar-refractivity contribution >= 4 is 11.4 Å². The highest BCUT2D eigenvalue weighted by molar-refractivity contribution is 5.88. The Hall–Kier alpha value is -4.06. The summed E-state index contributed by atoms with van der Waals surface area (Å²) in [5.41, 5.74) is 16.1. The first-order valence-corrected chi connectivity index (χ1v) is 9.60. The van der Waals surface area contributed by atoms with Crippen molar-refractivity contribution in [1.82, 2.24) is 0 Å². The molecule has 0 fully saturated rings. The van der Waals surface area contributed by atoms with Crippen LogP contribution in [0.3, 0.4) is 0 Å². The van der Waals surface area contributed by atoms with E-state index in [4.69, 9.17) is 11.5 Å². The molecule has 0 amide bonds. The van der Waals surface area contributed by atoms with Crippen LogP contribution in [0.1, 0.15) is 22.3 Å². The number of anilines is 2. The molecule has 0 aromatic heterocycles. The van der Waals surface area contributed by atoms with Crippen molar-refractivity contribution in [2.75, 3.05) is 11.5 Å². The Labute approximate surface area is 177 Å². The zero-order chi connectivity index (χ0) is 21.9. The molecule has 31 heavy (non-hydrogen) atoms. The first-order valence-electron chi connectivity index (χ1n) is 9.60. The molecule has 6 heteroatoms. The number of rotatable bonds is 2. The van der Waals surface area contributed by atoms with Crippen LogP contribution in [-0.4, -0.2) is 10.2 Å². The number of benzene rings is 4. The topological polar surface area (TPSA) is 92.5 Å². The fourth-order valence-corrected chi connectivity index (χ4v) is 4.63. The molecule has 0 heterocycles.